The van der Waals surface area contributed by atoms with Crippen LogP contribution in [0.3, 0.4) is 0 Å². The minimum atomic E-state index is -0.173. The van der Waals surface area contributed by atoms with Crippen molar-refractivity contribution < 1.29 is 14.3 Å². The first-order chi connectivity index (χ1) is 11.8. The maximum atomic E-state index is 12.6. The summed E-state index contributed by atoms with van der Waals surface area (Å²) in [4.78, 5) is 12.6. The molecule has 5 nitrogen and oxygen atoms in total. The van der Waals surface area contributed by atoms with Crippen LogP contribution in [0.15, 0.2) is 42.5 Å². The molecule has 2 aliphatic heterocycles. The van der Waals surface area contributed by atoms with Crippen molar-refractivity contribution in [2.24, 2.45) is 5.92 Å². The highest BCUT2D eigenvalue weighted by Gasteiger charge is 2.26. The van der Waals surface area contributed by atoms with Gasteiger partial charge < -0.3 is 20.1 Å². The summed E-state index contributed by atoms with van der Waals surface area (Å²) < 4.78 is 11.4. The molecule has 0 spiro atoms. The lowest BCUT2D eigenvalue weighted by atomic mass is 9.96. The third-order valence-corrected chi connectivity index (χ3v) is 4.43. The molecule has 0 aliphatic carbocycles. The van der Waals surface area contributed by atoms with Crippen LogP contribution in [0.1, 0.15) is 11.1 Å². The monoisotopic (exact) mass is 360 g/mol. The minimum absolute atomic E-state index is 0. The van der Waals surface area contributed by atoms with Gasteiger partial charge in [-0.25, -0.2) is 0 Å². The van der Waals surface area contributed by atoms with E-state index in [-0.39, 0.29) is 24.2 Å². The van der Waals surface area contributed by atoms with Gasteiger partial charge in [0.2, 0.25) is 5.91 Å². The zero-order valence-electron chi connectivity index (χ0n) is 13.8. The van der Waals surface area contributed by atoms with Crippen LogP contribution >= 0.6 is 12.4 Å². The molecule has 0 saturated carbocycles. The summed E-state index contributed by atoms with van der Waals surface area (Å²) in [6, 6.07) is 13.7. The molecule has 0 aromatic heterocycles. The molecule has 132 valence electrons. The van der Waals surface area contributed by atoms with Crippen LogP contribution in [-0.4, -0.2) is 25.7 Å². The van der Waals surface area contributed by atoms with Gasteiger partial charge in [-0.05, 0) is 36.2 Å². The van der Waals surface area contributed by atoms with Crippen LogP contribution in [0, 0.1) is 5.92 Å². The van der Waals surface area contributed by atoms with E-state index in [1.54, 1.807) is 0 Å². The number of rotatable bonds is 2. The van der Waals surface area contributed by atoms with Gasteiger partial charge in [-0.2, -0.15) is 0 Å². The number of nitrogens with one attached hydrogen (secondary N) is 2. The van der Waals surface area contributed by atoms with Crippen LogP contribution in [-0.2, 0) is 17.8 Å². The second kappa shape index (κ2) is 7.76. The molecule has 0 fully saturated rings. The summed E-state index contributed by atoms with van der Waals surface area (Å²) >= 11 is 0. The maximum Gasteiger partial charge on any atom is 0.231 e. The maximum absolute atomic E-state index is 12.6. The average molecular weight is 361 g/mol. The number of hydrogen-bond donors (Lipinski definition) is 2. The van der Waals surface area contributed by atoms with E-state index in [9.17, 15) is 4.79 Å². The second-order valence-electron chi connectivity index (χ2n) is 6.16. The quantitative estimate of drug-likeness (QED) is 0.864. The normalized spacial score (nSPS) is 18.3. The van der Waals surface area contributed by atoms with Gasteiger partial charge in [0.05, 0.1) is 5.92 Å². The van der Waals surface area contributed by atoms with Gasteiger partial charge in [-0.1, -0.05) is 18.2 Å². The summed E-state index contributed by atoms with van der Waals surface area (Å²) in [5, 5.41) is 6.31. The van der Waals surface area contributed by atoms with E-state index < -0.39 is 0 Å². The molecule has 2 aliphatic rings. The first-order valence-electron chi connectivity index (χ1n) is 8.27. The zero-order valence-corrected chi connectivity index (χ0v) is 14.6. The molecule has 1 atom stereocenters. The highest BCUT2D eigenvalue weighted by atomic mass is 35.5. The summed E-state index contributed by atoms with van der Waals surface area (Å²) in [6.07, 6.45) is 0.706. The Bertz CT molecular complexity index is 766. The molecule has 1 unspecified atom stereocenters. The Labute approximate surface area is 153 Å². The molecule has 1 amide bonds. The van der Waals surface area contributed by atoms with Crippen LogP contribution < -0.4 is 20.1 Å². The Morgan fingerprint density at radius 1 is 1.08 bits per heavy atom. The lowest BCUT2D eigenvalue weighted by molar-refractivity contribution is -0.121. The number of para-hydroxylation sites is 1. The molecule has 6 heteroatoms. The van der Waals surface area contributed by atoms with Gasteiger partial charge in [-0.15, -0.1) is 12.4 Å². The first-order valence-corrected chi connectivity index (χ1v) is 8.27. The fourth-order valence-electron chi connectivity index (χ4n) is 3.13. The molecule has 2 aromatic rings. The number of anilines is 1. The number of amides is 1. The van der Waals surface area contributed by atoms with Gasteiger partial charge >= 0.3 is 0 Å². The predicted octanol–water partition coefficient (Wildman–Crippen LogP) is 2.78. The highest BCUT2D eigenvalue weighted by molar-refractivity contribution is 5.93. The zero-order chi connectivity index (χ0) is 16.4. The third-order valence-electron chi connectivity index (χ3n) is 4.43. The van der Waals surface area contributed by atoms with E-state index in [0.717, 1.165) is 41.4 Å². The smallest absolute Gasteiger partial charge is 0.231 e. The Balaban J connectivity index is 0.00000182. The fraction of sp³-hybridized carbons (Fsp3) is 0.316. The van der Waals surface area contributed by atoms with Crippen molar-refractivity contribution in [3.05, 3.63) is 53.6 Å². The second-order valence-corrected chi connectivity index (χ2v) is 6.16. The molecule has 2 heterocycles. The van der Waals surface area contributed by atoms with Crippen molar-refractivity contribution in [1.82, 2.24) is 5.32 Å². The lowest BCUT2D eigenvalue weighted by Crippen LogP contribution is -2.32. The third kappa shape index (κ3) is 3.89. The van der Waals surface area contributed by atoms with E-state index in [0.29, 0.717) is 19.6 Å². The summed E-state index contributed by atoms with van der Waals surface area (Å²) in [5.41, 5.74) is 2.95. The lowest BCUT2D eigenvalue weighted by Gasteiger charge is -2.24. The van der Waals surface area contributed by atoms with Crippen LogP contribution in [0.4, 0.5) is 5.69 Å². The van der Waals surface area contributed by atoms with Gasteiger partial charge in [0.15, 0.2) is 0 Å². The molecule has 2 N–H and O–H groups in total. The average Bonchev–Trinajstić information content (AvgIpc) is 2.86. The number of carbonyl (C=O) groups excluding carboxylic acids is 1. The predicted molar refractivity (Wildman–Crippen MR) is 98.7 cm³/mol. The van der Waals surface area contributed by atoms with Crippen LogP contribution in [0.5, 0.6) is 11.5 Å². The molecule has 0 radical (unpaired) electrons. The SMILES string of the molecule is Cl.O=C(Nc1ccc2c(c1)CNCCO2)C1COc2ccccc2C1. The summed E-state index contributed by atoms with van der Waals surface area (Å²) in [6.45, 7) is 2.66. The number of ether oxygens (including phenoxy) is 2. The molecule has 4 rings (SSSR count). The van der Waals surface area contributed by atoms with Crippen molar-refractivity contribution in [3.8, 4) is 11.5 Å². The van der Waals surface area contributed by atoms with Gasteiger partial charge in [-0.3, -0.25) is 4.79 Å². The van der Waals surface area contributed by atoms with Crippen LogP contribution in [0.25, 0.3) is 0 Å². The Morgan fingerprint density at radius 3 is 2.84 bits per heavy atom. The molecule has 0 saturated heterocycles. The molecule has 0 bridgehead atoms. The van der Waals surface area contributed by atoms with Gasteiger partial charge in [0, 0.05) is 24.3 Å². The van der Waals surface area contributed by atoms with E-state index in [1.807, 2.05) is 42.5 Å². The Kier molecular flexibility index (Phi) is 5.46. The number of halogens is 1. The Morgan fingerprint density at radius 2 is 1.92 bits per heavy atom. The summed E-state index contributed by atoms with van der Waals surface area (Å²) in [7, 11) is 0. The minimum Gasteiger partial charge on any atom is -0.492 e. The van der Waals surface area contributed by atoms with Gasteiger partial charge in [0.1, 0.15) is 24.7 Å². The van der Waals surface area contributed by atoms with E-state index in [4.69, 9.17) is 9.47 Å². The van der Waals surface area contributed by atoms with Crippen molar-refractivity contribution in [3.63, 3.8) is 0 Å². The van der Waals surface area contributed by atoms with E-state index in [2.05, 4.69) is 10.6 Å². The van der Waals surface area contributed by atoms with Gasteiger partial charge in [0.25, 0.3) is 0 Å². The Hall–Kier alpha value is -2.24. The number of benzene rings is 2. The first kappa shape index (κ1) is 17.6. The molecule has 25 heavy (non-hydrogen) atoms. The standard InChI is InChI=1S/C19H20N2O3.ClH/c22-19(15-9-13-3-1-2-4-17(13)24-12-15)21-16-5-6-18-14(10-16)11-20-7-8-23-18;/h1-6,10,15,20H,7-9,11-12H2,(H,21,22);1H. The fourth-order valence-corrected chi connectivity index (χ4v) is 3.13. The van der Waals surface area contributed by atoms with Crippen LogP contribution in [0.2, 0.25) is 0 Å². The molecular weight excluding hydrogens is 340 g/mol. The molecular formula is C19H21ClN2O3. The van der Waals surface area contributed by atoms with Crippen molar-refractivity contribution >= 4 is 24.0 Å². The highest BCUT2D eigenvalue weighted by Crippen LogP contribution is 2.28. The topological polar surface area (TPSA) is 59.6 Å². The largest absolute Gasteiger partial charge is 0.492 e. The number of fused-ring (bicyclic) bond motifs is 2. The summed E-state index contributed by atoms with van der Waals surface area (Å²) in [5.74, 6) is 1.59. The van der Waals surface area contributed by atoms with Crippen molar-refractivity contribution in [2.45, 2.75) is 13.0 Å². The van der Waals surface area contributed by atoms with E-state index >= 15 is 0 Å². The number of carbonyl (C=O) groups is 1. The van der Waals surface area contributed by atoms with Crippen molar-refractivity contribution in [2.75, 3.05) is 25.1 Å². The molecule has 2 aromatic carbocycles. The number of hydrogen-bond acceptors (Lipinski definition) is 4. The van der Waals surface area contributed by atoms with Crippen molar-refractivity contribution in [1.29, 1.82) is 0 Å². The van der Waals surface area contributed by atoms with E-state index in [1.165, 1.54) is 0 Å².